The van der Waals surface area contributed by atoms with Crippen LogP contribution in [0.2, 0.25) is 0 Å². The fourth-order valence-electron chi connectivity index (χ4n) is 3.16. The van der Waals surface area contributed by atoms with Crippen molar-refractivity contribution in [1.29, 1.82) is 5.41 Å². The van der Waals surface area contributed by atoms with Crippen LogP contribution in [0.1, 0.15) is 64.4 Å². The van der Waals surface area contributed by atoms with E-state index in [0.717, 1.165) is 5.69 Å². The average Bonchev–Trinajstić information content (AvgIpc) is 2.57. The highest BCUT2D eigenvalue weighted by atomic mass is 14.5. The van der Waals surface area contributed by atoms with Gasteiger partial charge in [0.1, 0.15) is 0 Å². The number of unbranched alkanes of at least 4 members (excludes halogenated alkanes) is 1. The highest BCUT2D eigenvalue weighted by molar-refractivity contribution is 5.92. The number of anilines is 1. The van der Waals surface area contributed by atoms with E-state index in [1.54, 1.807) is 6.08 Å². The normalized spacial score (nSPS) is 14.3. The first-order valence-electron chi connectivity index (χ1n) is 8.75. The predicted molar refractivity (Wildman–Crippen MR) is 103 cm³/mol. The zero-order valence-electron chi connectivity index (χ0n) is 14.9. The van der Waals surface area contributed by atoms with Gasteiger partial charge in [-0.25, -0.2) is 0 Å². The van der Waals surface area contributed by atoms with E-state index in [4.69, 9.17) is 11.1 Å². The first-order chi connectivity index (χ1) is 11.0. The number of nitrogen functional groups attached to an aromatic ring is 1. The molecule has 1 rings (SSSR count). The number of benzene rings is 1. The van der Waals surface area contributed by atoms with Crippen molar-refractivity contribution in [3.8, 4) is 0 Å². The standard InChI is InChI=1S/C21H32N2/c1-5-8-9-17(6-2)21(16(4)10-13-19(22)7-3)18-11-14-20(23)15-12-18/h7,10-12,14-15,17,21-22H,3,5-6,8-9,13,23H2,1-2,4H3/b16-10+,22-19?. The molecular formula is C21H32N2. The molecule has 0 radical (unpaired) electrons. The van der Waals surface area contributed by atoms with Crippen LogP contribution in [0.15, 0.2) is 48.6 Å². The van der Waals surface area contributed by atoms with Gasteiger partial charge in [0.2, 0.25) is 0 Å². The van der Waals surface area contributed by atoms with Gasteiger partial charge in [-0.15, -0.1) is 0 Å². The van der Waals surface area contributed by atoms with Crippen molar-refractivity contribution in [2.24, 2.45) is 5.92 Å². The van der Waals surface area contributed by atoms with Crippen LogP contribution in [0.4, 0.5) is 5.69 Å². The Morgan fingerprint density at radius 2 is 1.91 bits per heavy atom. The van der Waals surface area contributed by atoms with Gasteiger partial charge in [0, 0.05) is 23.7 Å². The van der Waals surface area contributed by atoms with Crippen molar-refractivity contribution in [3.05, 3.63) is 54.1 Å². The zero-order chi connectivity index (χ0) is 17.2. The van der Waals surface area contributed by atoms with Gasteiger partial charge >= 0.3 is 0 Å². The molecule has 0 aliphatic heterocycles. The summed E-state index contributed by atoms with van der Waals surface area (Å²) in [7, 11) is 0. The third kappa shape index (κ3) is 6.05. The van der Waals surface area contributed by atoms with Crippen molar-refractivity contribution in [2.75, 3.05) is 5.73 Å². The summed E-state index contributed by atoms with van der Waals surface area (Å²) in [5, 5.41) is 7.79. The Kier molecular flexibility index (Phi) is 8.39. The molecular weight excluding hydrogens is 280 g/mol. The Hall–Kier alpha value is -1.83. The molecule has 2 unspecified atom stereocenters. The van der Waals surface area contributed by atoms with Gasteiger partial charge < -0.3 is 11.1 Å². The smallest absolute Gasteiger partial charge is 0.0345 e. The lowest BCUT2D eigenvalue weighted by atomic mass is 9.77. The maximum atomic E-state index is 7.79. The number of hydrogen-bond acceptors (Lipinski definition) is 2. The van der Waals surface area contributed by atoms with E-state index in [-0.39, 0.29) is 0 Å². The maximum absolute atomic E-state index is 7.79. The van der Waals surface area contributed by atoms with Crippen molar-refractivity contribution in [3.63, 3.8) is 0 Å². The molecule has 1 aromatic carbocycles. The van der Waals surface area contributed by atoms with Gasteiger partial charge in [0.15, 0.2) is 0 Å². The van der Waals surface area contributed by atoms with Gasteiger partial charge in [-0.1, -0.05) is 63.5 Å². The van der Waals surface area contributed by atoms with E-state index in [1.165, 1.54) is 36.8 Å². The lowest BCUT2D eigenvalue weighted by Crippen LogP contribution is -2.14. The maximum Gasteiger partial charge on any atom is 0.0345 e. The van der Waals surface area contributed by atoms with E-state index in [1.807, 2.05) is 12.1 Å². The molecule has 126 valence electrons. The van der Waals surface area contributed by atoms with Gasteiger partial charge in [-0.3, -0.25) is 0 Å². The molecule has 0 fully saturated rings. The molecule has 2 nitrogen and oxygen atoms in total. The number of nitrogens with two attached hydrogens (primary N) is 1. The van der Waals surface area contributed by atoms with Crippen LogP contribution in [0.3, 0.4) is 0 Å². The number of nitrogens with one attached hydrogen (secondary N) is 1. The van der Waals surface area contributed by atoms with Crippen LogP contribution in [0.25, 0.3) is 0 Å². The number of rotatable bonds is 10. The van der Waals surface area contributed by atoms with Crippen LogP contribution < -0.4 is 5.73 Å². The minimum absolute atomic E-state index is 0.407. The van der Waals surface area contributed by atoms with Crippen molar-refractivity contribution >= 4 is 11.4 Å². The summed E-state index contributed by atoms with van der Waals surface area (Å²) in [6.07, 6.45) is 9.38. The third-order valence-corrected chi connectivity index (χ3v) is 4.60. The van der Waals surface area contributed by atoms with E-state index >= 15 is 0 Å². The second kappa shape index (κ2) is 10.0. The average molecular weight is 313 g/mol. The summed E-state index contributed by atoms with van der Waals surface area (Å²) in [5.41, 5.74) is 9.92. The van der Waals surface area contributed by atoms with E-state index in [0.29, 0.717) is 24.0 Å². The van der Waals surface area contributed by atoms with Gasteiger partial charge in [0.05, 0.1) is 0 Å². The highest BCUT2D eigenvalue weighted by Crippen LogP contribution is 2.37. The predicted octanol–water partition coefficient (Wildman–Crippen LogP) is 6.11. The monoisotopic (exact) mass is 312 g/mol. The molecule has 0 saturated carbocycles. The molecule has 3 N–H and O–H groups in total. The highest BCUT2D eigenvalue weighted by Gasteiger charge is 2.23. The fourth-order valence-corrected chi connectivity index (χ4v) is 3.16. The van der Waals surface area contributed by atoms with Crippen LogP contribution in [-0.4, -0.2) is 5.71 Å². The van der Waals surface area contributed by atoms with Crippen LogP contribution >= 0.6 is 0 Å². The number of hydrogen-bond donors (Lipinski definition) is 2. The Morgan fingerprint density at radius 3 is 2.43 bits per heavy atom. The molecule has 2 atom stereocenters. The van der Waals surface area contributed by atoms with Gasteiger partial charge in [0.25, 0.3) is 0 Å². The zero-order valence-corrected chi connectivity index (χ0v) is 14.9. The minimum Gasteiger partial charge on any atom is -0.399 e. The summed E-state index contributed by atoms with van der Waals surface area (Å²) in [6, 6.07) is 8.30. The van der Waals surface area contributed by atoms with Crippen LogP contribution in [0.5, 0.6) is 0 Å². The molecule has 0 bridgehead atoms. The molecule has 1 aromatic rings. The van der Waals surface area contributed by atoms with Gasteiger partial charge in [-0.2, -0.15) is 0 Å². The van der Waals surface area contributed by atoms with Crippen molar-refractivity contribution in [1.82, 2.24) is 0 Å². The Balaban J connectivity index is 3.10. The molecule has 2 heteroatoms. The first kappa shape index (κ1) is 19.2. The van der Waals surface area contributed by atoms with E-state index in [9.17, 15) is 0 Å². The fraction of sp³-hybridized carbons (Fsp3) is 0.476. The van der Waals surface area contributed by atoms with E-state index < -0.39 is 0 Å². The second-order valence-corrected chi connectivity index (χ2v) is 6.34. The molecule has 0 spiro atoms. The summed E-state index contributed by atoms with van der Waals surface area (Å²) in [5.74, 6) is 1.04. The largest absolute Gasteiger partial charge is 0.399 e. The molecule has 23 heavy (non-hydrogen) atoms. The molecule has 0 aromatic heterocycles. The second-order valence-electron chi connectivity index (χ2n) is 6.34. The van der Waals surface area contributed by atoms with Crippen molar-refractivity contribution in [2.45, 2.75) is 58.8 Å². The Labute approximate surface area is 142 Å². The lowest BCUT2D eigenvalue weighted by Gasteiger charge is -2.28. The van der Waals surface area contributed by atoms with Crippen molar-refractivity contribution < 1.29 is 0 Å². The SMILES string of the molecule is C=CC(=N)C/C=C(\C)C(c1ccc(N)cc1)C(CC)CCCC. The molecule has 0 aliphatic carbocycles. The summed E-state index contributed by atoms with van der Waals surface area (Å²) < 4.78 is 0. The Bertz CT molecular complexity index is 525. The summed E-state index contributed by atoms with van der Waals surface area (Å²) >= 11 is 0. The van der Waals surface area contributed by atoms with Crippen LogP contribution in [0, 0.1) is 11.3 Å². The third-order valence-electron chi connectivity index (χ3n) is 4.60. The molecule has 0 amide bonds. The minimum atomic E-state index is 0.407. The number of allylic oxidation sites excluding steroid dienone is 3. The van der Waals surface area contributed by atoms with E-state index in [2.05, 4.69) is 45.6 Å². The Morgan fingerprint density at radius 1 is 1.26 bits per heavy atom. The topological polar surface area (TPSA) is 49.9 Å². The molecule has 0 heterocycles. The van der Waals surface area contributed by atoms with Gasteiger partial charge in [-0.05, 0) is 43.0 Å². The molecule has 0 aliphatic rings. The molecule has 0 saturated heterocycles. The quantitative estimate of drug-likeness (QED) is 0.305. The van der Waals surface area contributed by atoms with Crippen LogP contribution in [-0.2, 0) is 0 Å². The lowest BCUT2D eigenvalue weighted by molar-refractivity contribution is 0.401. The summed E-state index contributed by atoms with van der Waals surface area (Å²) in [6.45, 7) is 10.4. The summed E-state index contributed by atoms with van der Waals surface area (Å²) in [4.78, 5) is 0. The first-order valence-corrected chi connectivity index (χ1v) is 8.75.